The topological polar surface area (TPSA) is 104 Å². The molecule has 9 nitrogen and oxygen atoms in total. The third-order valence-electron chi connectivity index (χ3n) is 4.27. The molecule has 1 aromatic heterocycles. The van der Waals surface area contributed by atoms with Crippen molar-refractivity contribution in [2.45, 2.75) is 13.0 Å². The van der Waals surface area contributed by atoms with Crippen LogP contribution in [0.5, 0.6) is 17.2 Å². The Balaban J connectivity index is 1.85. The largest absolute Gasteiger partial charge is 0.488 e. The lowest BCUT2D eigenvalue weighted by Crippen LogP contribution is -2.18. The molecule has 3 rings (SSSR count). The number of aromatic nitrogens is 2. The number of aryl methyl sites for hydroxylation is 1. The van der Waals surface area contributed by atoms with E-state index in [4.69, 9.17) is 14.2 Å². The Morgan fingerprint density at radius 2 is 1.75 bits per heavy atom. The molecule has 1 atom stereocenters. The molecule has 0 bridgehead atoms. The number of nitrogens with one attached hydrogen (secondary N) is 2. The van der Waals surface area contributed by atoms with Gasteiger partial charge in [0.25, 0.3) is 11.8 Å². The number of rotatable bonds is 9. The maximum atomic E-state index is 12.8. The SMILES string of the molecule is COCC(C)Oc1cc(Oc2ccc(C(=O)NI)cc2)cc(C(=O)Nc2ccn(C)n2)c1. The van der Waals surface area contributed by atoms with Gasteiger partial charge in [-0.15, -0.1) is 0 Å². The van der Waals surface area contributed by atoms with E-state index in [1.807, 2.05) is 6.92 Å². The van der Waals surface area contributed by atoms with E-state index in [2.05, 4.69) is 13.9 Å². The molecule has 0 radical (unpaired) electrons. The minimum atomic E-state index is -0.354. The van der Waals surface area contributed by atoms with Gasteiger partial charge in [0.2, 0.25) is 0 Å². The van der Waals surface area contributed by atoms with E-state index in [1.165, 1.54) is 0 Å². The number of halogens is 1. The van der Waals surface area contributed by atoms with Gasteiger partial charge >= 0.3 is 0 Å². The highest BCUT2D eigenvalue weighted by molar-refractivity contribution is 14.1. The van der Waals surface area contributed by atoms with Crippen LogP contribution in [0.4, 0.5) is 5.82 Å². The summed E-state index contributed by atoms with van der Waals surface area (Å²) >= 11 is 1.78. The monoisotopic (exact) mass is 550 g/mol. The second-order valence-corrected chi connectivity index (χ2v) is 7.50. The van der Waals surface area contributed by atoms with Crippen LogP contribution >= 0.6 is 22.9 Å². The fraction of sp³-hybridized carbons (Fsp3) is 0.227. The second-order valence-electron chi connectivity index (χ2n) is 6.96. The van der Waals surface area contributed by atoms with E-state index < -0.39 is 0 Å². The first-order valence-electron chi connectivity index (χ1n) is 9.68. The van der Waals surface area contributed by atoms with E-state index in [1.54, 1.807) is 96.4 Å². The van der Waals surface area contributed by atoms with Crippen LogP contribution in [-0.2, 0) is 11.8 Å². The fourth-order valence-electron chi connectivity index (χ4n) is 2.87. The van der Waals surface area contributed by atoms with Crippen molar-refractivity contribution in [3.63, 3.8) is 0 Å². The first kappa shape index (κ1) is 23.5. The summed E-state index contributed by atoms with van der Waals surface area (Å²) in [5.41, 5.74) is 0.848. The summed E-state index contributed by atoms with van der Waals surface area (Å²) in [4.78, 5) is 24.5. The van der Waals surface area contributed by atoms with Crippen LogP contribution in [0.2, 0.25) is 0 Å². The van der Waals surface area contributed by atoms with E-state index >= 15 is 0 Å². The third kappa shape index (κ3) is 6.44. The molecule has 2 amide bonds. The number of benzene rings is 2. The predicted molar refractivity (Wildman–Crippen MR) is 128 cm³/mol. The average Bonchev–Trinajstić information content (AvgIpc) is 3.18. The molecule has 0 aliphatic heterocycles. The molecule has 10 heteroatoms. The van der Waals surface area contributed by atoms with Crippen molar-refractivity contribution in [1.82, 2.24) is 13.3 Å². The van der Waals surface area contributed by atoms with Crippen LogP contribution in [0.3, 0.4) is 0 Å². The Labute approximate surface area is 199 Å². The molecule has 0 fully saturated rings. The number of hydrogen-bond acceptors (Lipinski definition) is 6. The van der Waals surface area contributed by atoms with Crippen molar-refractivity contribution in [3.05, 3.63) is 65.9 Å². The summed E-state index contributed by atoms with van der Waals surface area (Å²) in [5.74, 6) is 1.25. The standard InChI is InChI=1S/C22H23IN4O5/c1-14(13-30-3)31-18-10-16(21(28)24-20-8-9-27(2)26-20)11-19(12-18)32-17-6-4-15(5-7-17)22(29)25-23/h4-12,14H,13H2,1-3H3,(H,25,29)(H,24,26,28). The molecule has 2 N–H and O–H groups in total. The highest BCUT2D eigenvalue weighted by atomic mass is 127. The summed E-state index contributed by atoms with van der Waals surface area (Å²) in [5, 5.41) is 6.91. The zero-order valence-electron chi connectivity index (χ0n) is 17.8. The van der Waals surface area contributed by atoms with Crippen molar-refractivity contribution in [2.75, 3.05) is 19.0 Å². The molecule has 168 valence electrons. The molecule has 0 aliphatic carbocycles. The Bertz CT molecular complexity index is 1080. The van der Waals surface area contributed by atoms with Gasteiger partial charge in [-0.1, -0.05) is 0 Å². The zero-order valence-corrected chi connectivity index (χ0v) is 20.0. The van der Waals surface area contributed by atoms with Gasteiger partial charge in [0.05, 0.1) is 29.5 Å². The summed E-state index contributed by atoms with van der Waals surface area (Å²) in [7, 11) is 3.36. The number of ether oxygens (including phenoxy) is 3. The molecular weight excluding hydrogens is 527 g/mol. The molecule has 0 saturated carbocycles. The number of methoxy groups -OCH3 is 1. The molecule has 0 saturated heterocycles. The molecule has 2 aromatic carbocycles. The van der Waals surface area contributed by atoms with Crippen molar-refractivity contribution in [2.24, 2.45) is 7.05 Å². The van der Waals surface area contributed by atoms with Gasteiger partial charge in [0, 0.05) is 43.6 Å². The molecule has 3 aromatic rings. The maximum Gasteiger partial charge on any atom is 0.259 e. The van der Waals surface area contributed by atoms with Gasteiger partial charge in [-0.25, -0.2) is 0 Å². The number of carbonyl (C=O) groups is 2. The smallest absolute Gasteiger partial charge is 0.259 e. The maximum absolute atomic E-state index is 12.8. The van der Waals surface area contributed by atoms with Gasteiger partial charge < -0.3 is 19.5 Å². The number of carbonyl (C=O) groups excluding carboxylic acids is 2. The van der Waals surface area contributed by atoms with Gasteiger partial charge in [-0.05, 0) is 43.3 Å². The number of anilines is 1. The van der Waals surface area contributed by atoms with Crippen LogP contribution in [0.25, 0.3) is 0 Å². The Morgan fingerprint density at radius 3 is 2.38 bits per heavy atom. The lowest BCUT2D eigenvalue weighted by molar-refractivity contribution is 0.0915. The van der Waals surface area contributed by atoms with Crippen molar-refractivity contribution in [1.29, 1.82) is 0 Å². The van der Waals surface area contributed by atoms with Crippen molar-refractivity contribution < 1.29 is 23.8 Å². The number of nitrogens with zero attached hydrogens (tertiary/aromatic N) is 2. The molecule has 0 spiro atoms. The minimum Gasteiger partial charge on any atom is -0.488 e. The molecule has 1 heterocycles. The molecular formula is C22H23IN4O5. The molecule has 0 aliphatic rings. The lowest BCUT2D eigenvalue weighted by Gasteiger charge is -2.16. The third-order valence-corrected chi connectivity index (χ3v) is 4.76. The Hall–Kier alpha value is -3.12. The van der Waals surface area contributed by atoms with Crippen LogP contribution < -0.4 is 18.3 Å². The van der Waals surface area contributed by atoms with Crippen LogP contribution in [0.15, 0.2) is 54.7 Å². The second kappa shape index (κ2) is 11.0. The first-order valence-corrected chi connectivity index (χ1v) is 10.8. The summed E-state index contributed by atoms with van der Waals surface area (Å²) in [6.07, 6.45) is 1.51. The van der Waals surface area contributed by atoms with E-state index in [0.717, 1.165) is 0 Å². The van der Waals surface area contributed by atoms with Gasteiger partial charge in [0.1, 0.15) is 23.4 Å². The van der Waals surface area contributed by atoms with Crippen LogP contribution in [0, 0.1) is 0 Å². The van der Waals surface area contributed by atoms with E-state index in [-0.39, 0.29) is 17.9 Å². The number of hydrogen-bond donors (Lipinski definition) is 2. The Morgan fingerprint density at radius 1 is 1.03 bits per heavy atom. The lowest BCUT2D eigenvalue weighted by atomic mass is 10.1. The summed E-state index contributed by atoms with van der Waals surface area (Å²) in [6.45, 7) is 2.25. The summed E-state index contributed by atoms with van der Waals surface area (Å²) in [6, 6.07) is 13.3. The first-order chi connectivity index (χ1) is 15.4. The fourth-order valence-corrected chi connectivity index (χ4v) is 3.18. The zero-order chi connectivity index (χ0) is 23.1. The highest BCUT2D eigenvalue weighted by Crippen LogP contribution is 2.29. The van der Waals surface area contributed by atoms with E-state index in [0.29, 0.717) is 40.8 Å². The van der Waals surface area contributed by atoms with Crippen LogP contribution in [0.1, 0.15) is 27.6 Å². The van der Waals surface area contributed by atoms with Gasteiger partial charge in [-0.2, -0.15) is 5.10 Å². The number of amides is 2. The van der Waals surface area contributed by atoms with Crippen LogP contribution in [-0.4, -0.2) is 41.4 Å². The van der Waals surface area contributed by atoms with Crippen molar-refractivity contribution >= 4 is 40.5 Å². The van der Waals surface area contributed by atoms with Gasteiger partial charge in [-0.3, -0.25) is 17.8 Å². The van der Waals surface area contributed by atoms with Crippen molar-refractivity contribution in [3.8, 4) is 17.2 Å². The van der Waals surface area contributed by atoms with Gasteiger partial charge in [0.15, 0.2) is 5.82 Å². The Kier molecular flexibility index (Phi) is 8.06. The summed E-state index contributed by atoms with van der Waals surface area (Å²) < 4.78 is 21.1. The quantitative estimate of drug-likeness (QED) is 0.309. The highest BCUT2D eigenvalue weighted by Gasteiger charge is 2.14. The normalized spacial score (nSPS) is 11.5. The van der Waals surface area contributed by atoms with E-state index in [9.17, 15) is 9.59 Å². The predicted octanol–water partition coefficient (Wildman–Crippen LogP) is 3.96. The average molecular weight is 550 g/mol. The minimum absolute atomic E-state index is 0.201. The molecule has 32 heavy (non-hydrogen) atoms. The molecule has 1 unspecified atom stereocenters.